The van der Waals surface area contributed by atoms with Gasteiger partial charge in [0.25, 0.3) is 0 Å². The molecule has 0 unspecified atom stereocenters. The minimum atomic E-state index is 0.0198. The van der Waals surface area contributed by atoms with E-state index in [1.807, 2.05) is 36.4 Å². The van der Waals surface area contributed by atoms with Crippen LogP contribution in [0.3, 0.4) is 0 Å². The Morgan fingerprint density at radius 2 is 2.00 bits per heavy atom. The Morgan fingerprint density at radius 1 is 1.14 bits per heavy atom. The van der Waals surface area contributed by atoms with Crippen LogP contribution >= 0.6 is 0 Å². The van der Waals surface area contributed by atoms with Crippen molar-refractivity contribution in [2.75, 3.05) is 5.43 Å². The lowest BCUT2D eigenvalue weighted by molar-refractivity contribution is -0.120. The van der Waals surface area contributed by atoms with Crippen molar-refractivity contribution in [2.24, 2.45) is 0 Å². The maximum absolute atomic E-state index is 11.2. The van der Waals surface area contributed by atoms with Crippen molar-refractivity contribution in [3.05, 3.63) is 35.9 Å². The number of benzene rings is 1. The highest BCUT2D eigenvalue weighted by Crippen LogP contribution is 2.17. The predicted octanol–water partition coefficient (Wildman–Crippen LogP) is 1.94. The zero-order chi connectivity index (χ0) is 9.80. The predicted molar refractivity (Wildman–Crippen MR) is 56.5 cm³/mol. The summed E-state index contributed by atoms with van der Waals surface area (Å²) >= 11 is 0. The van der Waals surface area contributed by atoms with Crippen LogP contribution in [0.5, 0.6) is 0 Å². The lowest BCUT2D eigenvalue weighted by Crippen LogP contribution is -2.28. The molecule has 72 valence electrons. The molecule has 0 fully saturated rings. The minimum Gasteiger partial charge on any atom is -0.298 e. The van der Waals surface area contributed by atoms with Gasteiger partial charge >= 0.3 is 0 Å². The third-order valence-electron chi connectivity index (χ3n) is 2.13. The molecule has 1 aromatic carbocycles. The van der Waals surface area contributed by atoms with Gasteiger partial charge in [-0.05, 0) is 18.1 Å². The van der Waals surface area contributed by atoms with Crippen LogP contribution in [0.1, 0.15) is 18.4 Å². The first-order valence-electron chi connectivity index (χ1n) is 4.67. The van der Waals surface area contributed by atoms with Gasteiger partial charge in [0.05, 0.1) is 5.69 Å². The van der Waals surface area contributed by atoms with Gasteiger partial charge in [0.15, 0.2) is 0 Å². The Hall–Kier alpha value is -1.77. The number of para-hydroxylation sites is 1. The molecule has 0 bridgehead atoms. The first kappa shape index (κ1) is 8.81. The Labute approximate surface area is 82.8 Å². The summed E-state index contributed by atoms with van der Waals surface area (Å²) in [5.74, 6) is 0.0198. The number of fused-ring (bicyclic) bond motifs is 1. The summed E-state index contributed by atoms with van der Waals surface area (Å²) in [6.45, 7) is 0. The quantitative estimate of drug-likeness (QED) is 0.653. The van der Waals surface area contributed by atoms with Crippen molar-refractivity contribution >= 4 is 17.7 Å². The van der Waals surface area contributed by atoms with E-state index >= 15 is 0 Å². The molecule has 3 heteroatoms. The number of hydrogen-bond donors (Lipinski definition) is 2. The summed E-state index contributed by atoms with van der Waals surface area (Å²) < 4.78 is 0. The topological polar surface area (TPSA) is 41.1 Å². The second-order valence-corrected chi connectivity index (χ2v) is 3.20. The molecule has 1 aliphatic heterocycles. The maximum atomic E-state index is 11.2. The largest absolute Gasteiger partial charge is 0.298 e. The summed E-state index contributed by atoms with van der Waals surface area (Å²) in [7, 11) is 0. The minimum absolute atomic E-state index is 0.0198. The second-order valence-electron chi connectivity index (χ2n) is 3.20. The summed E-state index contributed by atoms with van der Waals surface area (Å²) in [6, 6.07) is 7.86. The molecule has 0 atom stereocenters. The first-order chi connectivity index (χ1) is 6.86. The third kappa shape index (κ3) is 1.93. The smallest absolute Gasteiger partial charge is 0.238 e. The van der Waals surface area contributed by atoms with Crippen LogP contribution in [0.25, 0.3) is 6.08 Å². The van der Waals surface area contributed by atoms with E-state index in [0.717, 1.165) is 17.7 Å². The van der Waals surface area contributed by atoms with Crippen molar-refractivity contribution in [1.29, 1.82) is 0 Å². The van der Waals surface area contributed by atoms with Crippen molar-refractivity contribution in [1.82, 2.24) is 5.43 Å². The van der Waals surface area contributed by atoms with Crippen molar-refractivity contribution < 1.29 is 4.79 Å². The Kier molecular flexibility index (Phi) is 2.49. The van der Waals surface area contributed by atoms with Crippen LogP contribution in [-0.4, -0.2) is 5.91 Å². The average Bonchev–Trinajstić information content (AvgIpc) is 2.30. The molecule has 1 amide bonds. The summed E-state index contributed by atoms with van der Waals surface area (Å²) in [6.07, 6.45) is 5.35. The number of carbonyl (C=O) groups is 1. The van der Waals surface area contributed by atoms with Gasteiger partial charge in [-0.3, -0.25) is 15.6 Å². The number of anilines is 1. The molecule has 0 saturated carbocycles. The van der Waals surface area contributed by atoms with Crippen LogP contribution in [-0.2, 0) is 4.79 Å². The normalized spacial score (nSPS) is 17.9. The van der Waals surface area contributed by atoms with E-state index in [9.17, 15) is 4.79 Å². The number of nitrogens with one attached hydrogen (secondary N) is 2. The van der Waals surface area contributed by atoms with E-state index in [4.69, 9.17) is 0 Å². The van der Waals surface area contributed by atoms with Gasteiger partial charge in [-0.25, -0.2) is 0 Å². The van der Waals surface area contributed by atoms with E-state index in [1.165, 1.54) is 0 Å². The van der Waals surface area contributed by atoms with Gasteiger partial charge in [-0.2, -0.15) is 0 Å². The fourth-order valence-corrected chi connectivity index (χ4v) is 1.38. The third-order valence-corrected chi connectivity index (χ3v) is 2.13. The molecule has 14 heavy (non-hydrogen) atoms. The van der Waals surface area contributed by atoms with Gasteiger partial charge in [0.2, 0.25) is 5.91 Å². The molecule has 1 aliphatic rings. The number of rotatable bonds is 0. The van der Waals surface area contributed by atoms with E-state index in [0.29, 0.717) is 6.42 Å². The molecule has 0 saturated heterocycles. The fraction of sp³-hybridized carbons (Fsp3) is 0.182. The molecule has 1 aromatic rings. The molecule has 2 N–H and O–H groups in total. The second kappa shape index (κ2) is 3.96. The van der Waals surface area contributed by atoms with Gasteiger partial charge < -0.3 is 0 Å². The number of hydrogen-bond acceptors (Lipinski definition) is 2. The Morgan fingerprint density at radius 3 is 2.93 bits per heavy atom. The van der Waals surface area contributed by atoms with Gasteiger partial charge in [0, 0.05) is 6.42 Å². The van der Waals surface area contributed by atoms with E-state index in [1.54, 1.807) is 0 Å². The molecule has 2 rings (SSSR count). The highest BCUT2D eigenvalue weighted by molar-refractivity contribution is 5.79. The highest BCUT2D eigenvalue weighted by Gasteiger charge is 2.03. The van der Waals surface area contributed by atoms with Gasteiger partial charge in [-0.1, -0.05) is 30.4 Å². The standard InChI is InChI=1S/C11H12N2O/c14-11-8-4-2-6-9-5-1-3-7-10(9)12-13-11/h1-3,5-7,12H,4,8H2,(H,13,14)/b6-2-. The SMILES string of the molecule is O=C1CC/C=C\c2ccccc2NN1. The number of carbonyl (C=O) groups excluding carboxylic acids is 1. The summed E-state index contributed by atoms with van der Waals surface area (Å²) in [5.41, 5.74) is 7.58. The van der Waals surface area contributed by atoms with Crippen molar-refractivity contribution in [2.45, 2.75) is 12.8 Å². The van der Waals surface area contributed by atoms with Crippen LogP contribution in [0.2, 0.25) is 0 Å². The van der Waals surface area contributed by atoms with E-state index in [-0.39, 0.29) is 5.91 Å². The average molecular weight is 188 g/mol. The van der Waals surface area contributed by atoms with Crippen LogP contribution < -0.4 is 10.9 Å². The lowest BCUT2D eigenvalue weighted by atomic mass is 10.1. The molecule has 0 aliphatic carbocycles. The number of allylic oxidation sites excluding steroid dienone is 1. The molecular formula is C11H12N2O. The highest BCUT2D eigenvalue weighted by atomic mass is 16.2. The van der Waals surface area contributed by atoms with E-state index in [2.05, 4.69) is 10.9 Å². The van der Waals surface area contributed by atoms with E-state index < -0.39 is 0 Å². The van der Waals surface area contributed by atoms with Crippen LogP contribution in [0.15, 0.2) is 30.3 Å². The Bertz CT molecular complexity index is 371. The fourth-order valence-electron chi connectivity index (χ4n) is 1.38. The lowest BCUT2D eigenvalue weighted by Gasteiger charge is -2.08. The zero-order valence-corrected chi connectivity index (χ0v) is 7.79. The molecule has 1 heterocycles. The summed E-state index contributed by atoms with van der Waals surface area (Å²) in [4.78, 5) is 11.2. The van der Waals surface area contributed by atoms with Crippen LogP contribution in [0.4, 0.5) is 5.69 Å². The first-order valence-corrected chi connectivity index (χ1v) is 4.67. The molecule has 0 aromatic heterocycles. The van der Waals surface area contributed by atoms with Crippen molar-refractivity contribution in [3.8, 4) is 0 Å². The zero-order valence-electron chi connectivity index (χ0n) is 7.79. The molecule has 0 radical (unpaired) electrons. The molecular weight excluding hydrogens is 176 g/mol. The van der Waals surface area contributed by atoms with Crippen molar-refractivity contribution in [3.63, 3.8) is 0 Å². The molecule has 0 spiro atoms. The Balaban J connectivity index is 2.30. The number of amides is 1. The number of hydrazine groups is 1. The van der Waals surface area contributed by atoms with Gasteiger partial charge in [0.1, 0.15) is 0 Å². The maximum Gasteiger partial charge on any atom is 0.238 e. The van der Waals surface area contributed by atoms with Crippen LogP contribution in [0, 0.1) is 0 Å². The van der Waals surface area contributed by atoms with Gasteiger partial charge in [-0.15, -0.1) is 0 Å². The monoisotopic (exact) mass is 188 g/mol. The summed E-state index contributed by atoms with van der Waals surface area (Å²) in [5, 5.41) is 0. The molecule has 3 nitrogen and oxygen atoms in total.